The Kier molecular flexibility index (Phi) is 6.69. The Bertz CT molecular complexity index is 183. The number of ether oxygens (including phenoxy) is 1. The van der Waals surface area contributed by atoms with Crippen LogP contribution in [0, 0.1) is 0 Å². The lowest BCUT2D eigenvalue weighted by atomic mass is 10.1. The Hall–Kier alpha value is -0.340. The zero-order valence-corrected chi connectivity index (χ0v) is 10.2. The fraction of sp³-hybridized carbons (Fsp3) is 0.846. The van der Waals surface area contributed by atoms with Gasteiger partial charge in [-0.05, 0) is 26.2 Å². The monoisotopic (exact) mass is 211 g/mol. The molecule has 0 aliphatic carbocycles. The maximum absolute atomic E-state index is 5.44. The van der Waals surface area contributed by atoms with Crippen LogP contribution in [0.1, 0.15) is 46.0 Å². The molecule has 88 valence electrons. The van der Waals surface area contributed by atoms with Crippen LogP contribution < -0.4 is 5.32 Å². The molecule has 1 heterocycles. The Labute approximate surface area is 94.1 Å². The Morgan fingerprint density at radius 3 is 3.00 bits per heavy atom. The summed E-state index contributed by atoms with van der Waals surface area (Å²) in [5, 5.41) is 3.49. The summed E-state index contributed by atoms with van der Waals surface area (Å²) in [5.74, 6) is 0. The van der Waals surface area contributed by atoms with Gasteiger partial charge >= 0.3 is 0 Å². The highest BCUT2D eigenvalue weighted by atomic mass is 16.5. The molecule has 0 amide bonds. The van der Waals surface area contributed by atoms with Gasteiger partial charge in [0.2, 0.25) is 0 Å². The van der Waals surface area contributed by atoms with Crippen LogP contribution in [0.2, 0.25) is 0 Å². The minimum absolute atomic E-state index is 0.543. The Morgan fingerprint density at radius 2 is 2.33 bits per heavy atom. The fourth-order valence-electron chi connectivity index (χ4n) is 1.97. The van der Waals surface area contributed by atoms with Crippen molar-refractivity contribution in [3.05, 3.63) is 11.6 Å². The molecule has 1 unspecified atom stereocenters. The lowest BCUT2D eigenvalue weighted by Gasteiger charge is -2.24. The van der Waals surface area contributed by atoms with Crippen LogP contribution in [-0.2, 0) is 4.74 Å². The highest BCUT2D eigenvalue weighted by Crippen LogP contribution is 2.10. The van der Waals surface area contributed by atoms with Gasteiger partial charge in [0.25, 0.3) is 0 Å². The molecule has 0 bridgehead atoms. The molecule has 2 heteroatoms. The summed E-state index contributed by atoms with van der Waals surface area (Å²) in [4.78, 5) is 0. The van der Waals surface area contributed by atoms with E-state index in [1.807, 2.05) is 0 Å². The van der Waals surface area contributed by atoms with E-state index in [4.69, 9.17) is 4.74 Å². The van der Waals surface area contributed by atoms with Gasteiger partial charge in [0.1, 0.15) is 0 Å². The SMILES string of the molecule is CCCCC/C=C(/C)CC1COCCN1. The van der Waals surface area contributed by atoms with Crippen molar-refractivity contribution in [1.82, 2.24) is 5.32 Å². The van der Waals surface area contributed by atoms with E-state index < -0.39 is 0 Å². The van der Waals surface area contributed by atoms with E-state index in [1.54, 1.807) is 0 Å². The predicted molar refractivity (Wildman–Crippen MR) is 65.1 cm³/mol. The standard InChI is InChI=1S/C13H25NO/c1-3-4-5-6-7-12(2)10-13-11-15-9-8-14-13/h7,13-14H,3-6,8-11H2,1-2H3/b12-7-. The van der Waals surface area contributed by atoms with E-state index in [1.165, 1.54) is 31.3 Å². The van der Waals surface area contributed by atoms with Gasteiger partial charge in [0.05, 0.1) is 13.2 Å². The topological polar surface area (TPSA) is 21.3 Å². The third-order valence-electron chi connectivity index (χ3n) is 2.87. The van der Waals surface area contributed by atoms with Crippen LogP contribution >= 0.6 is 0 Å². The molecule has 0 aromatic rings. The molecule has 1 atom stereocenters. The van der Waals surface area contributed by atoms with Crippen molar-refractivity contribution in [3.8, 4) is 0 Å². The number of nitrogens with one attached hydrogen (secondary N) is 1. The zero-order chi connectivity index (χ0) is 10.9. The molecule has 1 aliphatic heterocycles. The summed E-state index contributed by atoms with van der Waals surface area (Å²) in [6, 6.07) is 0.543. The summed E-state index contributed by atoms with van der Waals surface area (Å²) >= 11 is 0. The minimum atomic E-state index is 0.543. The van der Waals surface area contributed by atoms with Crippen LogP contribution in [-0.4, -0.2) is 25.8 Å². The van der Waals surface area contributed by atoms with Gasteiger partial charge in [0, 0.05) is 12.6 Å². The number of unbranched alkanes of at least 4 members (excludes halogenated alkanes) is 3. The van der Waals surface area contributed by atoms with Crippen molar-refractivity contribution < 1.29 is 4.74 Å². The first kappa shape index (κ1) is 12.7. The predicted octanol–water partition coefficient (Wildman–Crippen LogP) is 2.89. The van der Waals surface area contributed by atoms with Gasteiger partial charge in [-0.3, -0.25) is 0 Å². The van der Waals surface area contributed by atoms with Crippen molar-refractivity contribution in [1.29, 1.82) is 0 Å². The molecular weight excluding hydrogens is 186 g/mol. The van der Waals surface area contributed by atoms with E-state index >= 15 is 0 Å². The number of allylic oxidation sites excluding steroid dienone is 1. The second-order valence-electron chi connectivity index (χ2n) is 4.48. The molecule has 0 aromatic carbocycles. The van der Waals surface area contributed by atoms with Gasteiger partial charge in [0.15, 0.2) is 0 Å². The first-order valence-corrected chi connectivity index (χ1v) is 6.29. The summed E-state index contributed by atoms with van der Waals surface area (Å²) in [7, 11) is 0. The van der Waals surface area contributed by atoms with Gasteiger partial charge in [-0.25, -0.2) is 0 Å². The highest BCUT2D eigenvalue weighted by molar-refractivity contribution is 5.01. The maximum atomic E-state index is 5.44. The smallest absolute Gasteiger partial charge is 0.0623 e. The van der Waals surface area contributed by atoms with Crippen molar-refractivity contribution in [3.63, 3.8) is 0 Å². The summed E-state index contributed by atoms with van der Waals surface area (Å²) in [5.41, 5.74) is 1.51. The minimum Gasteiger partial charge on any atom is -0.379 e. The average molecular weight is 211 g/mol. The third-order valence-corrected chi connectivity index (χ3v) is 2.87. The van der Waals surface area contributed by atoms with E-state index in [9.17, 15) is 0 Å². The van der Waals surface area contributed by atoms with Crippen LogP contribution in [0.4, 0.5) is 0 Å². The third kappa shape index (κ3) is 5.95. The lowest BCUT2D eigenvalue weighted by Crippen LogP contribution is -2.41. The van der Waals surface area contributed by atoms with Gasteiger partial charge in [-0.2, -0.15) is 0 Å². The van der Waals surface area contributed by atoms with E-state index in [0.29, 0.717) is 6.04 Å². The molecule has 0 spiro atoms. The summed E-state index contributed by atoms with van der Waals surface area (Å²) < 4.78 is 5.44. The van der Waals surface area contributed by atoms with Gasteiger partial charge in [-0.15, -0.1) is 0 Å². The molecule has 1 N–H and O–H groups in total. The van der Waals surface area contributed by atoms with Crippen molar-refractivity contribution in [2.24, 2.45) is 0 Å². The maximum Gasteiger partial charge on any atom is 0.0623 e. The van der Waals surface area contributed by atoms with Gasteiger partial charge < -0.3 is 10.1 Å². The lowest BCUT2D eigenvalue weighted by molar-refractivity contribution is 0.0770. The second kappa shape index (κ2) is 7.89. The molecule has 0 radical (unpaired) electrons. The molecule has 1 rings (SSSR count). The number of rotatable bonds is 6. The molecule has 0 saturated carbocycles. The summed E-state index contributed by atoms with van der Waals surface area (Å²) in [6.45, 7) is 7.24. The van der Waals surface area contributed by atoms with E-state index in [2.05, 4.69) is 25.2 Å². The molecule has 2 nitrogen and oxygen atoms in total. The number of morpholine rings is 1. The fourth-order valence-corrected chi connectivity index (χ4v) is 1.97. The van der Waals surface area contributed by atoms with E-state index in [0.717, 1.165) is 26.2 Å². The normalized spacial score (nSPS) is 23.1. The van der Waals surface area contributed by atoms with Crippen molar-refractivity contribution >= 4 is 0 Å². The molecule has 1 saturated heterocycles. The van der Waals surface area contributed by atoms with Crippen LogP contribution in [0.5, 0.6) is 0 Å². The Morgan fingerprint density at radius 1 is 1.47 bits per heavy atom. The molecule has 1 aliphatic rings. The highest BCUT2D eigenvalue weighted by Gasteiger charge is 2.12. The quantitative estimate of drug-likeness (QED) is 0.539. The number of hydrogen-bond acceptors (Lipinski definition) is 2. The molecule has 15 heavy (non-hydrogen) atoms. The van der Waals surface area contributed by atoms with Crippen LogP contribution in [0.3, 0.4) is 0 Å². The van der Waals surface area contributed by atoms with Crippen LogP contribution in [0.25, 0.3) is 0 Å². The second-order valence-corrected chi connectivity index (χ2v) is 4.48. The first-order valence-electron chi connectivity index (χ1n) is 6.29. The van der Waals surface area contributed by atoms with Crippen molar-refractivity contribution in [2.75, 3.05) is 19.8 Å². The van der Waals surface area contributed by atoms with Crippen molar-refractivity contribution in [2.45, 2.75) is 52.0 Å². The number of hydrogen-bond donors (Lipinski definition) is 1. The first-order chi connectivity index (χ1) is 7.33. The largest absolute Gasteiger partial charge is 0.379 e. The zero-order valence-electron chi connectivity index (χ0n) is 10.2. The summed E-state index contributed by atoms with van der Waals surface area (Å²) in [6.07, 6.45) is 8.78. The Balaban J connectivity index is 2.12. The van der Waals surface area contributed by atoms with E-state index in [-0.39, 0.29) is 0 Å². The molecule has 0 aromatic heterocycles. The molecular formula is C13H25NO. The average Bonchev–Trinajstić information content (AvgIpc) is 2.26. The van der Waals surface area contributed by atoms with Crippen LogP contribution in [0.15, 0.2) is 11.6 Å². The molecule has 1 fully saturated rings. The van der Waals surface area contributed by atoms with Gasteiger partial charge in [-0.1, -0.05) is 31.4 Å².